The molecule has 0 radical (unpaired) electrons. The predicted octanol–water partition coefficient (Wildman–Crippen LogP) is 4.41. The fourth-order valence-electron chi connectivity index (χ4n) is 3.16. The van der Waals surface area contributed by atoms with Crippen LogP contribution in [0.2, 0.25) is 0 Å². The number of benzene rings is 3. The van der Waals surface area contributed by atoms with Gasteiger partial charge in [-0.1, -0.05) is 42.5 Å². The average molecular weight is 413 g/mol. The molecule has 0 bridgehead atoms. The van der Waals surface area contributed by atoms with Gasteiger partial charge in [-0.25, -0.2) is 0 Å². The molecule has 0 spiro atoms. The Kier molecular flexibility index (Phi) is 6.64. The van der Waals surface area contributed by atoms with E-state index in [1.54, 1.807) is 12.1 Å². The standard InChI is InChI=1S/C24H23N5O2/c30-24(20-13-11-19(12-14-20)23-26-28-29-27-23)25-17-5-4-6-18-9-15-22(16-10-18)31-21-7-2-1-3-8-21/h1-3,7-16H,4-6,17H2,(H,25,30)(H,26,27,28,29). The van der Waals surface area contributed by atoms with Gasteiger partial charge in [0.05, 0.1) is 0 Å². The quantitative estimate of drug-likeness (QED) is 0.397. The van der Waals surface area contributed by atoms with E-state index in [9.17, 15) is 4.79 Å². The second kappa shape index (κ2) is 10.2. The van der Waals surface area contributed by atoms with Gasteiger partial charge in [0.2, 0.25) is 5.82 Å². The second-order valence-corrected chi connectivity index (χ2v) is 7.08. The van der Waals surface area contributed by atoms with E-state index in [0.29, 0.717) is 17.9 Å². The number of hydrogen-bond acceptors (Lipinski definition) is 5. The van der Waals surface area contributed by atoms with Crippen LogP contribution in [0.3, 0.4) is 0 Å². The van der Waals surface area contributed by atoms with Crippen LogP contribution < -0.4 is 10.1 Å². The van der Waals surface area contributed by atoms with Gasteiger partial charge in [0, 0.05) is 17.7 Å². The largest absolute Gasteiger partial charge is 0.457 e. The average Bonchev–Trinajstić information content (AvgIpc) is 3.36. The van der Waals surface area contributed by atoms with Crippen LogP contribution in [-0.4, -0.2) is 33.1 Å². The van der Waals surface area contributed by atoms with Crippen molar-refractivity contribution in [2.75, 3.05) is 6.54 Å². The summed E-state index contributed by atoms with van der Waals surface area (Å²) in [6.45, 7) is 0.640. The van der Waals surface area contributed by atoms with Gasteiger partial charge < -0.3 is 10.1 Å². The summed E-state index contributed by atoms with van der Waals surface area (Å²) in [6.07, 6.45) is 2.87. The van der Waals surface area contributed by atoms with Gasteiger partial charge >= 0.3 is 0 Å². The molecule has 1 amide bonds. The lowest BCUT2D eigenvalue weighted by molar-refractivity contribution is 0.0953. The molecule has 31 heavy (non-hydrogen) atoms. The van der Waals surface area contributed by atoms with Crippen molar-refractivity contribution in [3.05, 3.63) is 90.0 Å². The van der Waals surface area contributed by atoms with Crippen molar-refractivity contribution in [2.24, 2.45) is 0 Å². The molecular formula is C24H23N5O2. The third kappa shape index (κ3) is 5.76. The van der Waals surface area contributed by atoms with Gasteiger partial charge in [0.15, 0.2) is 0 Å². The summed E-state index contributed by atoms with van der Waals surface area (Å²) in [4.78, 5) is 12.3. The molecule has 1 heterocycles. The Labute approximate surface area is 180 Å². The molecule has 1 aromatic heterocycles. The fourth-order valence-corrected chi connectivity index (χ4v) is 3.16. The first-order valence-corrected chi connectivity index (χ1v) is 10.2. The molecule has 0 atom stereocenters. The lowest BCUT2D eigenvalue weighted by Crippen LogP contribution is -2.24. The van der Waals surface area contributed by atoms with Crippen LogP contribution in [0.4, 0.5) is 0 Å². The number of nitrogens with zero attached hydrogens (tertiary/aromatic N) is 3. The molecule has 7 nitrogen and oxygen atoms in total. The summed E-state index contributed by atoms with van der Waals surface area (Å²) in [5.74, 6) is 2.08. The number of carbonyl (C=O) groups excluding carboxylic acids is 1. The van der Waals surface area contributed by atoms with Crippen LogP contribution in [0.5, 0.6) is 11.5 Å². The van der Waals surface area contributed by atoms with Crippen LogP contribution in [0.25, 0.3) is 11.4 Å². The smallest absolute Gasteiger partial charge is 0.251 e. The monoisotopic (exact) mass is 413 g/mol. The summed E-state index contributed by atoms with van der Waals surface area (Å²) in [7, 11) is 0. The van der Waals surface area contributed by atoms with Gasteiger partial charge in [-0.05, 0) is 66.4 Å². The second-order valence-electron chi connectivity index (χ2n) is 7.08. The van der Waals surface area contributed by atoms with Crippen LogP contribution >= 0.6 is 0 Å². The molecule has 156 valence electrons. The fraction of sp³-hybridized carbons (Fsp3) is 0.167. The Hall–Kier alpha value is -4.00. The summed E-state index contributed by atoms with van der Waals surface area (Å²) in [5, 5.41) is 16.8. The number of H-pyrrole nitrogens is 1. The minimum absolute atomic E-state index is 0.0814. The molecule has 0 aliphatic carbocycles. The number of aromatic amines is 1. The van der Waals surface area contributed by atoms with E-state index in [0.717, 1.165) is 36.3 Å². The highest BCUT2D eigenvalue weighted by molar-refractivity contribution is 5.94. The van der Waals surface area contributed by atoms with E-state index < -0.39 is 0 Å². The zero-order valence-corrected chi connectivity index (χ0v) is 17.0. The maximum Gasteiger partial charge on any atom is 0.251 e. The third-order valence-electron chi connectivity index (χ3n) is 4.83. The number of nitrogens with one attached hydrogen (secondary N) is 2. The van der Waals surface area contributed by atoms with E-state index in [1.807, 2.05) is 54.6 Å². The van der Waals surface area contributed by atoms with E-state index in [4.69, 9.17) is 4.74 Å². The first-order chi connectivity index (χ1) is 15.3. The number of rotatable bonds is 9. The Morgan fingerprint density at radius 3 is 2.32 bits per heavy atom. The Morgan fingerprint density at radius 2 is 1.61 bits per heavy atom. The van der Waals surface area contributed by atoms with Crippen LogP contribution in [-0.2, 0) is 6.42 Å². The molecule has 3 aromatic carbocycles. The SMILES string of the molecule is O=C(NCCCCc1ccc(Oc2ccccc2)cc1)c1ccc(-c2nn[nH]n2)cc1. The van der Waals surface area contributed by atoms with Gasteiger partial charge in [0.1, 0.15) is 11.5 Å². The lowest BCUT2D eigenvalue weighted by Gasteiger charge is -2.08. The maximum atomic E-state index is 12.3. The summed E-state index contributed by atoms with van der Waals surface area (Å²) in [5.41, 5.74) is 2.68. The Morgan fingerprint density at radius 1 is 0.871 bits per heavy atom. The highest BCUT2D eigenvalue weighted by atomic mass is 16.5. The van der Waals surface area contributed by atoms with Crippen LogP contribution in [0.1, 0.15) is 28.8 Å². The normalized spacial score (nSPS) is 10.6. The minimum Gasteiger partial charge on any atom is -0.457 e. The van der Waals surface area contributed by atoms with Crippen molar-refractivity contribution < 1.29 is 9.53 Å². The maximum absolute atomic E-state index is 12.3. The van der Waals surface area contributed by atoms with Crippen molar-refractivity contribution in [1.82, 2.24) is 25.9 Å². The highest BCUT2D eigenvalue weighted by Crippen LogP contribution is 2.21. The number of unbranched alkanes of at least 4 members (excludes halogenated alkanes) is 1. The van der Waals surface area contributed by atoms with Crippen LogP contribution in [0, 0.1) is 0 Å². The number of amides is 1. The van der Waals surface area contributed by atoms with Crippen LogP contribution in [0.15, 0.2) is 78.9 Å². The number of ether oxygens (including phenoxy) is 1. The van der Waals surface area contributed by atoms with Gasteiger partial charge in [-0.15, -0.1) is 10.2 Å². The molecule has 7 heteroatoms. The predicted molar refractivity (Wildman–Crippen MR) is 118 cm³/mol. The van der Waals surface area contributed by atoms with Crippen molar-refractivity contribution >= 4 is 5.91 Å². The zero-order valence-electron chi connectivity index (χ0n) is 17.0. The topological polar surface area (TPSA) is 92.8 Å². The number of aryl methyl sites for hydroxylation is 1. The molecule has 2 N–H and O–H groups in total. The van der Waals surface area contributed by atoms with E-state index in [1.165, 1.54) is 5.56 Å². The number of para-hydroxylation sites is 1. The Balaban J connectivity index is 1.17. The molecule has 0 unspecified atom stereocenters. The molecular weight excluding hydrogens is 390 g/mol. The first kappa shape index (κ1) is 20.3. The van der Waals surface area contributed by atoms with Crippen molar-refractivity contribution in [2.45, 2.75) is 19.3 Å². The van der Waals surface area contributed by atoms with Gasteiger partial charge in [0.25, 0.3) is 5.91 Å². The molecule has 0 aliphatic rings. The molecule has 0 fully saturated rings. The number of aromatic nitrogens is 4. The van der Waals surface area contributed by atoms with E-state index >= 15 is 0 Å². The van der Waals surface area contributed by atoms with Gasteiger partial charge in [-0.3, -0.25) is 4.79 Å². The van der Waals surface area contributed by atoms with E-state index in [2.05, 4.69) is 38.1 Å². The summed E-state index contributed by atoms with van der Waals surface area (Å²) >= 11 is 0. The molecule has 0 saturated heterocycles. The molecule has 4 rings (SSSR count). The molecule has 0 saturated carbocycles. The number of hydrogen-bond donors (Lipinski definition) is 2. The number of tetrazole rings is 1. The summed E-state index contributed by atoms with van der Waals surface area (Å²) < 4.78 is 5.81. The minimum atomic E-state index is -0.0814. The first-order valence-electron chi connectivity index (χ1n) is 10.2. The lowest BCUT2D eigenvalue weighted by atomic mass is 10.1. The van der Waals surface area contributed by atoms with Gasteiger partial charge in [-0.2, -0.15) is 5.21 Å². The van der Waals surface area contributed by atoms with E-state index in [-0.39, 0.29) is 5.91 Å². The van der Waals surface area contributed by atoms with Crippen molar-refractivity contribution in [3.63, 3.8) is 0 Å². The number of carbonyl (C=O) groups is 1. The molecule has 0 aliphatic heterocycles. The highest BCUT2D eigenvalue weighted by Gasteiger charge is 2.07. The van der Waals surface area contributed by atoms with Crippen molar-refractivity contribution in [1.29, 1.82) is 0 Å². The molecule has 4 aromatic rings. The zero-order chi connectivity index (χ0) is 21.3. The van der Waals surface area contributed by atoms with Crippen molar-refractivity contribution in [3.8, 4) is 22.9 Å². The third-order valence-corrected chi connectivity index (χ3v) is 4.83. The summed E-state index contributed by atoms with van der Waals surface area (Å²) in [6, 6.07) is 25.0. The Bertz CT molecular complexity index is 1080.